The molecule has 1 rings (SSSR count). The Labute approximate surface area is 121 Å². The summed E-state index contributed by atoms with van der Waals surface area (Å²) in [6.07, 6.45) is 0.329. The second kappa shape index (κ2) is 6.75. The summed E-state index contributed by atoms with van der Waals surface area (Å²) in [6, 6.07) is 7.48. The standard InChI is InChI=1S/C16H26N2O2/c1-6-16(4,5)18-15(19)12(3)20-14-9-7-8-13(10-14)11(2)17/h7-12H,6,17H2,1-5H3,(H,18,19). The van der Waals surface area contributed by atoms with Crippen LogP contribution in [0.1, 0.15) is 52.6 Å². The molecule has 1 amide bonds. The number of benzene rings is 1. The van der Waals surface area contributed by atoms with E-state index in [-0.39, 0.29) is 17.5 Å². The highest BCUT2D eigenvalue weighted by Gasteiger charge is 2.22. The molecule has 2 unspecified atom stereocenters. The van der Waals surface area contributed by atoms with Crippen molar-refractivity contribution in [3.05, 3.63) is 29.8 Å². The van der Waals surface area contributed by atoms with E-state index in [1.54, 1.807) is 6.92 Å². The summed E-state index contributed by atoms with van der Waals surface area (Å²) in [6.45, 7) is 9.69. The van der Waals surface area contributed by atoms with E-state index in [0.29, 0.717) is 5.75 Å². The number of amides is 1. The first-order chi connectivity index (χ1) is 9.25. The maximum absolute atomic E-state index is 12.1. The van der Waals surface area contributed by atoms with E-state index in [0.717, 1.165) is 12.0 Å². The van der Waals surface area contributed by atoms with Crippen LogP contribution in [0.2, 0.25) is 0 Å². The third-order valence-corrected chi connectivity index (χ3v) is 3.41. The summed E-state index contributed by atoms with van der Waals surface area (Å²) < 4.78 is 5.69. The summed E-state index contributed by atoms with van der Waals surface area (Å²) >= 11 is 0. The van der Waals surface area contributed by atoms with Crippen LogP contribution in [0.25, 0.3) is 0 Å². The molecular formula is C16H26N2O2. The van der Waals surface area contributed by atoms with Crippen molar-refractivity contribution < 1.29 is 9.53 Å². The highest BCUT2D eigenvalue weighted by molar-refractivity contribution is 5.81. The van der Waals surface area contributed by atoms with Gasteiger partial charge in [-0.15, -0.1) is 0 Å². The van der Waals surface area contributed by atoms with Gasteiger partial charge < -0.3 is 15.8 Å². The average molecular weight is 278 g/mol. The van der Waals surface area contributed by atoms with E-state index < -0.39 is 6.10 Å². The van der Waals surface area contributed by atoms with Crippen molar-refractivity contribution >= 4 is 5.91 Å². The van der Waals surface area contributed by atoms with E-state index in [2.05, 4.69) is 5.32 Å². The van der Waals surface area contributed by atoms with Crippen molar-refractivity contribution in [2.75, 3.05) is 0 Å². The van der Waals surface area contributed by atoms with E-state index in [9.17, 15) is 4.79 Å². The summed E-state index contributed by atoms with van der Waals surface area (Å²) in [5.74, 6) is 0.555. The van der Waals surface area contributed by atoms with E-state index >= 15 is 0 Å². The van der Waals surface area contributed by atoms with Gasteiger partial charge in [0.2, 0.25) is 0 Å². The first-order valence-electron chi connectivity index (χ1n) is 7.09. The molecule has 0 heterocycles. The molecule has 2 atom stereocenters. The summed E-state index contributed by atoms with van der Waals surface area (Å²) in [5.41, 5.74) is 6.61. The molecule has 1 aromatic carbocycles. The van der Waals surface area contributed by atoms with E-state index in [4.69, 9.17) is 10.5 Å². The summed E-state index contributed by atoms with van der Waals surface area (Å²) in [5, 5.41) is 2.97. The molecular weight excluding hydrogens is 252 g/mol. The van der Waals surface area contributed by atoms with Crippen LogP contribution in [0, 0.1) is 0 Å². The zero-order valence-electron chi connectivity index (χ0n) is 13.1. The number of rotatable bonds is 6. The van der Waals surface area contributed by atoms with E-state index in [1.807, 2.05) is 52.0 Å². The fourth-order valence-corrected chi connectivity index (χ4v) is 1.65. The zero-order valence-corrected chi connectivity index (χ0v) is 13.1. The molecule has 4 heteroatoms. The number of carbonyl (C=O) groups is 1. The van der Waals surface area contributed by atoms with Crippen molar-refractivity contribution in [1.29, 1.82) is 0 Å². The smallest absolute Gasteiger partial charge is 0.261 e. The lowest BCUT2D eigenvalue weighted by Crippen LogP contribution is -2.48. The van der Waals surface area contributed by atoms with Gasteiger partial charge in [-0.2, -0.15) is 0 Å². The fraction of sp³-hybridized carbons (Fsp3) is 0.562. The van der Waals surface area contributed by atoms with Gasteiger partial charge in [-0.1, -0.05) is 19.1 Å². The minimum atomic E-state index is -0.538. The maximum atomic E-state index is 12.1. The SMILES string of the molecule is CCC(C)(C)NC(=O)C(C)Oc1cccc(C(C)N)c1. The Balaban J connectivity index is 2.68. The molecule has 4 nitrogen and oxygen atoms in total. The molecule has 0 saturated carbocycles. The van der Waals surface area contributed by atoms with Crippen LogP contribution in [0.4, 0.5) is 0 Å². The monoisotopic (exact) mass is 278 g/mol. The second-order valence-electron chi connectivity index (χ2n) is 5.85. The lowest BCUT2D eigenvalue weighted by molar-refractivity contribution is -0.128. The number of hydrogen-bond acceptors (Lipinski definition) is 3. The summed E-state index contributed by atoms with van der Waals surface area (Å²) in [7, 11) is 0. The predicted octanol–water partition coefficient (Wildman–Crippen LogP) is 2.78. The van der Waals surface area contributed by atoms with Crippen molar-refractivity contribution in [2.24, 2.45) is 5.73 Å². The highest BCUT2D eigenvalue weighted by Crippen LogP contribution is 2.19. The van der Waals surface area contributed by atoms with Gasteiger partial charge in [-0.05, 0) is 51.8 Å². The minimum absolute atomic E-state index is 0.0540. The molecule has 0 aliphatic heterocycles. The molecule has 112 valence electrons. The van der Waals surface area contributed by atoms with Gasteiger partial charge in [0.15, 0.2) is 6.10 Å². The van der Waals surface area contributed by atoms with Crippen molar-refractivity contribution in [2.45, 2.75) is 58.7 Å². The Morgan fingerprint density at radius 2 is 2.05 bits per heavy atom. The zero-order chi connectivity index (χ0) is 15.3. The molecule has 0 radical (unpaired) electrons. The molecule has 1 aromatic rings. The topological polar surface area (TPSA) is 64.3 Å². The number of nitrogens with one attached hydrogen (secondary N) is 1. The molecule has 0 fully saturated rings. The first kappa shape index (κ1) is 16.5. The van der Waals surface area contributed by atoms with Crippen LogP contribution >= 0.6 is 0 Å². The third-order valence-electron chi connectivity index (χ3n) is 3.41. The van der Waals surface area contributed by atoms with Gasteiger partial charge in [-0.25, -0.2) is 0 Å². The van der Waals surface area contributed by atoms with Gasteiger partial charge in [0.05, 0.1) is 0 Å². The van der Waals surface area contributed by atoms with Gasteiger partial charge >= 0.3 is 0 Å². The quantitative estimate of drug-likeness (QED) is 0.841. The van der Waals surface area contributed by atoms with Crippen LogP contribution in [0.15, 0.2) is 24.3 Å². The Kier molecular flexibility index (Phi) is 5.57. The molecule has 0 spiro atoms. The Morgan fingerprint density at radius 1 is 1.40 bits per heavy atom. The molecule has 0 aliphatic rings. The number of carbonyl (C=O) groups excluding carboxylic acids is 1. The Hall–Kier alpha value is -1.55. The average Bonchev–Trinajstić information content (AvgIpc) is 2.38. The molecule has 20 heavy (non-hydrogen) atoms. The van der Waals surface area contributed by atoms with Gasteiger partial charge in [0.1, 0.15) is 5.75 Å². The van der Waals surface area contributed by atoms with Crippen molar-refractivity contribution in [3.8, 4) is 5.75 Å². The lowest BCUT2D eigenvalue weighted by atomic mass is 10.0. The number of hydrogen-bond donors (Lipinski definition) is 2. The van der Waals surface area contributed by atoms with Crippen LogP contribution in [0.5, 0.6) is 5.75 Å². The van der Waals surface area contributed by atoms with E-state index in [1.165, 1.54) is 0 Å². The Morgan fingerprint density at radius 3 is 2.60 bits per heavy atom. The molecule has 0 bridgehead atoms. The van der Waals surface area contributed by atoms with Crippen LogP contribution in [0.3, 0.4) is 0 Å². The van der Waals surface area contributed by atoms with Gasteiger partial charge in [0.25, 0.3) is 5.91 Å². The third kappa shape index (κ3) is 4.85. The highest BCUT2D eigenvalue weighted by atomic mass is 16.5. The molecule has 0 aromatic heterocycles. The maximum Gasteiger partial charge on any atom is 0.261 e. The minimum Gasteiger partial charge on any atom is -0.481 e. The molecule has 0 aliphatic carbocycles. The van der Waals surface area contributed by atoms with Gasteiger partial charge in [0, 0.05) is 11.6 Å². The van der Waals surface area contributed by atoms with Crippen LogP contribution in [-0.4, -0.2) is 17.6 Å². The normalized spacial score (nSPS) is 14.5. The van der Waals surface area contributed by atoms with Gasteiger partial charge in [-0.3, -0.25) is 4.79 Å². The fourth-order valence-electron chi connectivity index (χ4n) is 1.65. The summed E-state index contributed by atoms with van der Waals surface area (Å²) in [4.78, 5) is 12.1. The Bertz CT molecular complexity index is 456. The molecule has 0 saturated heterocycles. The van der Waals surface area contributed by atoms with Crippen LogP contribution < -0.4 is 15.8 Å². The van der Waals surface area contributed by atoms with Crippen molar-refractivity contribution in [3.63, 3.8) is 0 Å². The van der Waals surface area contributed by atoms with Crippen LogP contribution in [-0.2, 0) is 4.79 Å². The first-order valence-corrected chi connectivity index (χ1v) is 7.09. The lowest BCUT2D eigenvalue weighted by Gasteiger charge is -2.26. The second-order valence-corrected chi connectivity index (χ2v) is 5.85. The number of ether oxygens (including phenoxy) is 1. The number of nitrogens with two attached hydrogens (primary N) is 1. The molecule has 3 N–H and O–H groups in total. The van der Waals surface area contributed by atoms with Crippen molar-refractivity contribution in [1.82, 2.24) is 5.32 Å². The largest absolute Gasteiger partial charge is 0.481 e. The predicted molar refractivity (Wildman–Crippen MR) is 81.6 cm³/mol.